The topological polar surface area (TPSA) is 62.4 Å². The second-order valence-corrected chi connectivity index (χ2v) is 6.17. The van der Waals surface area contributed by atoms with Crippen LogP contribution in [-0.4, -0.2) is 66.1 Å². The van der Waals surface area contributed by atoms with Gasteiger partial charge in [0, 0.05) is 45.0 Å². The molecule has 2 saturated heterocycles. The summed E-state index contributed by atoms with van der Waals surface area (Å²) in [5.41, 5.74) is 1.07. The van der Waals surface area contributed by atoms with Gasteiger partial charge < -0.3 is 14.8 Å². The first-order chi connectivity index (χ1) is 10.2. The van der Waals surface area contributed by atoms with Crippen molar-refractivity contribution in [2.24, 2.45) is 0 Å². The van der Waals surface area contributed by atoms with Gasteiger partial charge in [-0.15, -0.1) is 0 Å². The predicted octanol–water partition coefficient (Wildman–Crippen LogP) is 0.939. The average Bonchev–Trinajstić information content (AvgIpc) is 3.07. The molecule has 0 aliphatic carbocycles. The van der Waals surface area contributed by atoms with Gasteiger partial charge in [0.2, 0.25) is 0 Å². The number of nitrogens with one attached hydrogen (secondary N) is 2. The van der Waals surface area contributed by atoms with Gasteiger partial charge in [0.05, 0.1) is 17.9 Å². The van der Waals surface area contributed by atoms with Crippen molar-refractivity contribution in [3.8, 4) is 0 Å². The maximum absolute atomic E-state index is 5.82. The predicted molar refractivity (Wildman–Crippen MR) is 80.1 cm³/mol. The first kappa shape index (κ1) is 15.0. The highest BCUT2D eigenvalue weighted by Gasteiger charge is 2.30. The second kappa shape index (κ2) is 6.87. The third kappa shape index (κ3) is 3.83. The lowest BCUT2D eigenvalue weighted by Crippen LogP contribution is -2.48. The Labute approximate surface area is 126 Å². The zero-order chi connectivity index (χ0) is 14.7. The SMILES string of the molecule is CC1CN(CCN[C@@H]2CCO[C@H]2c2ccn[nH]2)CC(C)O1. The summed E-state index contributed by atoms with van der Waals surface area (Å²) in [6.07, 6.45) is 3.61. The van der Waals surface area contributed by atoms with Gasteiger partial charge in [0.15, 0.2) is 0 Å². The molecule has 0 amide bonds. The Morgan fingerprint density at radius 3 is 2.90 bits per heavy atom. The summed E-state index contributed by atoms with van der Waals surface area (Å²) in [7, 11) is 0. The van der Waals surface area contributed by atoms with Gasteiger partial charge in [-0.3, -0.25) is 10.00 Å². The molecule has 2 fully saturated rings. The molecule has 2 N–H and O–H groups in total. The van der Waals surface area contributed by atoms with Gasteiger partial charge in [0.1, 0.15) is 6.10 Å². The molecule has 4 atom stereocenters. The van der Waals surface area contributed by atoms with Crippen molar-refractivity contribution in [1.29, 1.82) is 0 Å². The maximum Gasteiger partial charge on any atom is 0.114 e. The van der Waals surface area contributed by atoms with Crippen LogP contribution in [0.15, 0.2) is 12.3 Å². The Kier molecular flexibility index (Phi) is 4.90. The van der Waals surface area contributed by atoms with Crippen molar-refractivity contribution in [2.75, 3.05) is 32.8 Å². The molecule has 0 aromatic carbocycles. The summed E-state index contributed by atoms with van der Waals surface area (Å²) < 4.78 is 11.6. The van der Waals surface area contributed by atoms with Gasteiger partial charge >= 0.3 is 0 Å². The number of hydrogen-bond donors (Lipinski definition) is 2. The Morgan fingerprint density at radius 2 is 2.19 bits per heavy atom. The van der Waals surface area contributed by atoms with Crippen LogP contribution in [0.5, 0.6) is 0 Å². The van der Waals surface area contributed by atoms with E-state index >= 15 is 0 Å². The quantitative estimate of drug-likeness (QED) is 0.846. The molecule has 6 heteroatoms. The van der Waals surface area contributed by atoms with Crippen molar-refractivity contribution in [3.05, 3.63) is 18.0 Å². The van der Waals surface area contributed by atoms with Crippen LogP contribution >= 0.6 is 0 Å². The number of morpholine rings is 1. The molecule has 0 bridgehead atoms. The summed E-state index contributed by atoms with van der Waals surface area (Å²) in [5, 5.41) is 10.7. The summed E-state index contributed by atoms with van der Waals surface area (Å²) in [5.74, 6) is 0. The molecule has 1 aromatic rings. The molecule has 21 heavy (non-hydrogen) atoms. The fourth-order valence-corrected chi connectivity index (χ4v) is 3.41. The molecule has 0 saturated carbocycles. The minimum Gasteiger partial charge on any atom is -0.373 e. The molecule has 1 aromatic heterocycles. The van der Waals surface area contributed by atoms with Crippen LogP contribution in [0.2, 0.25) is 0 Å². The minimum absolute atomic E-state index is 0.107. The number of aromatic nitrogens is 2. The molecular formula is C15H26N4O2. The van der Waals surface area contributed by atoms with Crippen LogP contribution in [0.1, 0.15) is 32.1 Å². The highest BCUT2D eigenvalue weighted by Crippen LogP contribution is 2.27. The second-order valence-electron chi connectivity index (χ2n) is 6.17. The van der Waals surface area contributed by atoms with Crippen molar-refractivity contribution < 1.29 is 9.47 Å². The monoisotopic (exact) mass is 294 g/mol. The van der Waals surface area contributed by atoms with Crippen LogP contribution in [0.25, 0.3) is 0 Å². The third-order valence-corrected chi connectivity index (χ3v) is 4.25. The Bertz CT molecular complexity index is 415. The molecule has 0 spiro atoms. The summed E-state index contributed by atoms with van der Waals surface area (Å²) >= 11 is 0. The molecular weight excluding hydrogens is 268 g/mol. The van der Waals surface area contributed by atoms with Crippen LogP contribution < -0.4 is 5.32 Å². The lowest BCUT2D eigenvalue weighted by atomic mass is 10.1. The van der Waals surface area contributed by atoms with E-state index in [1.165, 1.54) is 0 Å². The number of H-pyrrole nitrogens is 1. The van der Waals surface area contributed by atoms with E-state index in [0.717, 1.165) is 44.9 Å². The number of nitrogens with zero attached hydrogens (tertiary/aromatic N) is 2. The van der Waals surface area contributed by atoms with Crippen LogP contribution in [0.4, 0.5) is 0 Å². The highest BCUT2D eigenvalue weighted by molar-refractivity contribution is 5.07. The Hall–Kier alpha value is -0.950. The number of hydrogen-bond acceptors (Lipinski definition) is 5. The van der Waals surface area contributed by atoms with E-state index in [1.807, 2.05) is 6.07 Å². The summed E-state index contributed by atoms with van der Waals surface area (Å²) in [6.45, 7) is 9.20. The van der Waals surface area contributed by atoms with Gasteiger partial charge in [-0.05, 0) is 26.3 Å². The molecule has 3 heterocycles. The third-order valence-electron chi connectivity index (χ3n) is 4.25. The molecule has 2 aliphatic heterocycles. The molecule has 0 radical (unpaired) electrons. The number of ether oxygens (including phenoxy) is 2. The van der Waals surface area contributed by atoms with E-state index in [9.17, 15) is 0 Å². The first-order valence-corrected chi connectivity index (χ1v) is 7.94. The van der Waals surface area contributed by atoms with Crippen molar-refractivity contribution in [2.45, 2.75) is 44.6 Å². The van der Waals surface area contributed by atoms with Gasteiger partial charge in [0.25, 0.3) is 0 Å². The molecule has 2 aliphatic rings. The summed E-state index contributed by atoms with van der Waals surface area (Å²) in [4.78, 5) is 2.48. The largest absolute Gasteiger partial charge is 0.373 e. The molecule has 6 nitrogen and oxygen atoms in total. The molecule has 2 unspecified atom stereocenters. The summed E-state index contributed by atoms with van der Waals surface area (Å²) in [6, 6.07) is 2.37. The Balaban J connectivity index is 1.44. The average molecular weight is 294 g/mol. The zero-order valence-electron chi connectivity index (χ0n) is 12.9. The lowest BCUT2D eigenvalue weighted by molar-refractivity contribution is -0.0676. The van der Waals surface area contributed by atoms with Crippen LogP contribution in [0.3, 0.4) is 0 Å². The van der Waals surface area contributed by atoms with E-state index in [2.05, 4.69) is 34.3 Å². The fourth-order valence-electron chi connectivity index (χ4n) is 3.41. The van der Waals surface area contributed by atoms with E-state index < -0.39 is 0 Å². The smallest absolute Gasteiger partial charge is 0.114 e. The molecule has 118 valence electrons. The van der Waals surface area contributed by atoms with Crippen molar-refractivity contribution >= 4 is 0 Å². The minimum atomic E-state index is 0.107. The van der Waals surface area contributed by atoms with E-state index in [4.69, 9.17) is 9.47 Å². The zero-order valence-corrected chi connectivity index (χ0v) is 12.9. The van der Waals surface area contributed by atoms with Crippen molar-refractivity contribution in [1.82, 2.24) is 20.4 Å². The number of aromatic amines is 1. The standard InChI is InChI=1S/C15H26N4O2/c1-11-9-19(10-12(2)21-11)7-6-16-13-4-8-20-15(13)14-3-5-17-18-14/h3,5,11-13,15-16H,4,6-10H2,1-2H3,(H,17,18)/t11?,12?,13-,15-/m1/s1. The normalized spacial score (nSPS) is 34.4. The van der Waals surface area contributed by atoms with Gasteiger partial charge in [-0.2, -0.15) is 5.10 Å². The van der Waals surface area contributed by atoms with Gasteiger partial charge in [-0.1, -0.05) is 0 Å². The van der Waals surface area contributed by atoms with E-state index in [-0.39, 0.29) is 6.10 Å². The first-order valence-electron chi connectivity index (χ1n) is 7.94. The lowest BCUT2D eigenvalue weighted by Gasteiger charge is -2.35. The van der Waals surface area contributed by atoms with Crippen LogP contribution in [0, 0.1) is 0 Å². The van der Waals surface area contributed by atoms with Crippen molar-refractivity contribution in [3.63, 3.8) is 0 Å². The Morgan fingerprint density at radius 1 is 1.38 bits per heavy atom. The highest BCUT2D eigenvalue weighted by atomic mass is 16.5. The number of rotatable bonds is 5. The van der Waals surface area contributed by atoms with Gasteiger partial charge in [-0.25, -0.2) is 0 Å². The molecule has 3 rings (SSSR count). The van der Waals surface area contributed by atoms with Crippen LogP contribution in [-0.2, 0) is 9.47 Å². The maximum atomic E-state index is 5.82. The van der Waals surface area contributed by atoms with E-state index in [0.29, 0.717) is 18.2 Å². The fraction of sp³-hybridized carbons (Fsp3) is 0.800. The van der Waals surface area contributed by atoms with E-state index in [1.54, 1.807) is 6.20 Å².